The minimum Gasteiger partial charge on any atom is -0.359 e. The smallest absolute Gasteiger partial charge is 0.156 e. The van der Waals surface area contributed by atoms with Crippen molar-refractivity contribution in [2.24, 2.45) is 5.73 Å². The molecule has 4 nitrogen and oxygen atoms in total. The van der Waals surface area contributed by atoms with Crippen LogP contribution in [-0.4, -0.2) is 9.72 Å². The van der Waals surface area contributed by atoms with Gasteiger partial charge in [0.05, 0.1) is 12.2 Å². The van der Waals surface area contributed by atoms with E-state index in [1.54, 1.807) is 0 Å². The van der Waals surface area contributed by atoms with Crippen LogP contribution in [0.2, 0.25) is 0 Å². The zero-order valence-corrected chi connectivity index (χ0v) is 8.97. The normalized spacial score (nSPS) is 13.0. The van der Waals surface area contributed by atoms with Crippen molar-refractivity contribution in [2.45, 2.75) is 26.4 Å². The predicted molar refractivity (Wildman–Crippen MR) is 57.4 cm³/mol. The van der Waals surface area contributed by atoms with Gasteiger partial charge in [-0.3, -0.25) is 0 Å². The van der Waals surface area contributed by atoms with Gasteiger partial charge in [0, 0.05) is 24.5 Å². The van der Waals surface area contributed by atoms with Crippen LogP contribution in [0.1, 0.15) is 30.0 Å². The second kappa shape index (κ2) is 3.90. The largest absolute Gasteiger partial charge is 0.359 e. The standard InChI is InChI=1S/C11H15N3O/c1-8-5-11(15-13-8)7-14-4-3-10(6-14)9(2)12/h3-6,9H,7,12H2,1-2H3. The molecule has 0 bridgehead atoms. The second-order valence-electron chi connectivity index (χ2n) is 3.84. The highest BCUT2D eigenvalue weighted by molar-refractivity contribution is 5.15. The monoisotopic (exact) mass is 205 g/mol. The number of aromatic nitrogens is 2. The van der Waals surface area contributed by atoms with Gasteiger partial charge in [0.1, 0.15) is 0 Å². The zero-order chi connectivity index (χ0) is 10.8. The minimum atomic E-state index is 0.0720. The summed E-state index contributed by atoms with van der Waals surface area (Å²) in [4.78, 5) is 0. The lowest BCUT2D eigenvalue weighted by Crippen LogP contribution is -2.03. The van der Waals surface area contributed by atoms with E-state index < -0.39 is 0 Å². The molecule has 0 aliphatic carbocycles. The Kier molecular flexibility index (Phi) is 2.60. The first-order valence-corrected chi connectivity index (χ1v) is 4.98. The Morgan fingerprint density at radius 3 is 2.93 bits per heavy atom. The van der Waals surface area contributed by atoms with Gasteiger partial charge in [-0.05, 0) is 25.5 Å². The lowest BCUT2D eigenvalue weighted by atomic mass is 10.2. The molecule has 0 amide bonds. The zero-order valence-electron chi connectivity index (χ0n) is 8.97. The SMILES string of the molecule is Cc1cc(Cn2ccc(C(C)N)c2)on1. The lowest BCUT2D eigenvalue weighted by molar-refractivity contribution is 0.373. The van der Waals surface area contributed by atoms with Crippen LogP contribution in [0.15, 0.2) is 29.0 Å². The van der Waals surface area contributed by atoms with E-state index >= 15 is 0 Å². The fourth-order valence-corrected chi connectivity index (χ4v) is 1.50. The molecular weight excluding hydrogens is 190 g/mol. The van der Waals surface area contributed by atoms with Gasteiger partial charge in [-0.2, -0.15) is 0 Å². The van der Waals surface area contributed by atoms with Crippen molar-refractivity contribution in [3.8, 4) is 0 Å². The quantitative estimate of drug-likeness (QED) is 0.832. The topological polar surface area (TPSA) is 57.0 Å². The molecule has 0 aromatic carbocycles. The van der Waals surface area contributed by atoms with E-state index in [4.69, 9.17) is 10.3 Å². The molecule has 2 heterocycles. The molecule has 0 spiro atoms. The maximum absolute atomic E-state index is 5.78. The van der Waals surface area contributed by atoms with Gasteiger partial charge < -0.3 is 14.8 Å². The summed E-state index contributed by atoms with van der Waals surface area (Å²) in [6.07, 6.45) is 4.03. The van der Waals surface area contributed by atoms with Crippen LogP contribution in [0.3, 0.4) is 0 Å². The first kappa shape index (κ1) is 9.98. The predicted octanol–water partition coefficient (Wildman–Crippen LogP) is 1.85. The van der Waals surface area contributed by atoms with Gasteiger partial charge in [-0.25, -0.2) is 0 Å². The number of hydrogen-bond acceptors (Lipinski definition) is 3. The molecule has 0 saturated heterocycles. The Bertz CT molecular complexity index is 442. The number of hydrogen-bond donors (Lipinski definition) is 1. The minimum absolute atomic E-state index is 0.0720. The van der Waals surface area contributed by atoms with Crippen molar-refractivity contribution < 1.29 is 4.52 Å². The van der Waals surface area contributed by atoms with Crippen LogP contribution < -0.4 is 5.73 Å². The molecule has 2 aromatic rings. The van der Waals surface area contributed by atoms with Crippen LogP contribution in [0.4, 0.5) is 0 Å². The van der Waals surface area contributed by atoms with Crippen LogP contribution in [-0.2, 0) is 6.54 Å². The molecule has 4 heteroatoms. The third kappa shape index (κ3) is 2.27. The Hall–Kier alpha value is -1.55. The van der Waals surface area contributed by atoms with Crippen molar-refractivity contribution in [1.82, 2.24) is 9.72 Å². The van der Waals surface area contributed by atoms with Crippen molar-refractivity contribution >= 4 is 0 Å². The van der Waals surface area contributed by atoms with Crippen LogP contribution in [0.25, 0.3) is 0 Å². The van der Waals surface area contributed by atoms with Gasteiger partial charge in [0.2, 0.25) is 0 Å². The Morgan fingerprint density at radius 2 is 2.40 bits per heavy atom. The first-order chi connectivity index (χ1) is 7.15. The van der Waals surface area contributed by atoms with E-state index in [2.05, 4.69) is 5.16 Å². The average molecular weight is 205 g/mol. The van der Waals surface area contributed by atoms with Crippen LogP contribution >= 0.6 is 0 Å². The summed E-state index contributed by atoms with van der Waals surface area (Å²) in [6, 6.07) is 4.03. The van der Waals surface area contributed by atoms with Crippen LogP contribution in [0, 0.1) is 6.92 Å². The molecule has 2 aromatic heterocycles. The van der Waals surface area contributed by atoms with E-state index in [1.807, 2.05) is 42.9 Å². The molecule has 0 radical (unpaired) electrons. The molecule has 80 valence electrons. The summed E-state index contributed by atoms with van der Waals surface area (Å²) < 4.78 is 7.18. The van der Waals surface area contributed by atoms with Crippen molar-refractivity contribution in [2.75, 3.05) is 0 Å². The number of nitrogens with two attached hydrogens (primary N) is 1. The first-order valence-electron chi connectivity index (χ1n) is 4.98. The second-order valence-corrected chi connectivity index (χ2v) is 3.84. The van der Waals surface area contributed by atoms with Gasteiger partial charge in [-0.15, -0.1) is 0 Å². The van der Waals surface area contributed by atoms with Crippen molar-refractivity contribution in [3.05, 3.63) is 41.5 Å². The maximum atomic E-state index is 5.78. The fraction of sp³-hybridized carbons (Fsp3) is 0.364. The highest BCUT2D eigenvalue weighted by Gasteiger charge is 2.04. The molecule has 0 aliphatic heterocycles. The summed E-state index contributed by atoms with van der Waals surface area (Å²) in [6.45, 7) is 4.59. The third-order valence-corrected chi connectivity index (χ3v) is 2.31. The average Bonchev–Trinajstić information content (AvgIpc) is 2.76. The molecule has 0 fully saturated rings. The summed E-state index contributed by atoms with van der Waals surface area (Å²) >= 11 is 0. The highest BCUT2D eigenvalue weighted by Crippen LogP contribution is 2.12. The van der Waals surface area contributed by atoms with Crippen LogP contribution in [0.5, 0.6) is 0 Å². The maximum Gasteiger partial charge on any atom is 0.156 e. The summed E-state index contributed by atoms with van der Waals surface area (Å²) in [5.74, 6) is 0.860. The molecule has 2 rings (SSSR count). The lowest BCUT2D eigenvalue weighted by Gasteiger charge is -2.00. The van der Waals surface area contributed by atoms with E-state index in [0.29, 0.717) is 6.54 Å². The molecule has 1 atom stereocenters. The molecule has 0 saturated carbocycles. The van der Waals surface area contributed by atoms with Crippen molar-refractivity contribution in [3.63, 3.8) is 0 Å². The molecule has 15 heavy (non-hydrogen) atoms. The molecule has 0 aliphatic rings. The fourth-order valence-electron chi connectivity index (χ4n) is 1.50. The van der Waals surface area contributed by atoms with E-state index in [0.717, 1.165) is 17.0 Å². The summed E-state index contributed by atoms with van der Waals surface area (Å²) in [7, 11) is 0. The van der Waals surface area contributed by atoms with E-state index in [-0.39, 0.29) is 6.04 Å². The molecular formula is C11H15N3O. The number of rotatable bonds is 3. The van der Waals surface area contributed by atoms with Gasteiger partial charge in [-0.1, -0.05) is 5.16 Å². The van der Waals surface area contributed by atoms with E-state index in [9.17, 15) is 0 Å². The Morgan fingerprint density at radius 1 is 1.60 bits per heavy atom. The number of nitrogens with zero attached hydrogens (tertiary/aromatic N) is 2. The Labute approximate surface area is 88.7 Å². The third-order valence-electron chi connectivity index (χ3n) is 2.31. The van der Waals surface area contributed by atoms with Crippen molar-refractivity contribution in [1.29, 1.82) is 0 Å². The number of aryl methyl sites for hydroxylation is 1. The van der Waals surface area contributed by atoms with Gasteiger partial charge in [0.15, 0.2) is 5.76 Å². The molecule has 2 N–H and O–H groups in total. The van der Waals surface area contributed by atoms with E-state index in [1.165, 1.54) is 0 Å². The summed E-state index contributed by atoms with van der Waals surface area (Å²) in [5.41, 5.74) is 7.81. The van der Waals surface area contributed by atoms with Gasteiger partial charge in [0.25, 0.3) is 0 Å². The Balaban J connectivity index is 2.11. The molecule has 1 unspecified atom stereocenters. The summed E-state index contributed by atoms with van der Waals surface area (Å²) in [5, 5.41) is 3.84. The highest BCUT2D eigenvalue weighted by atomic mass is 16.5. The van der Waals surface area contributed by atoms with Gasteiger partial charge >= 0.3 is 0 Å².